The van der Waals surface area contributed by atoms with Gasteiger partial charge in [0.1, 0.15) is 0 Å². The van der Waals surface area contributed by atoms with Crippen LogP contribution >= 0.6 is 0 Å². The highest BCUT2D eigenvalue weighted by atomic mass is 16.5. The molecule has 7 heteroatoms. The Hall–Kier alpha value is -2.38. The second-order valence-electron chi connectivity index (χ2n) is 9.23. The third-order valence-electron chi connectivity index (χ3n) is 7.33. The average molecular weight is 424 g/mol. The summed E-state index contributed by atoms with van der Waals surface area (Å²) in [7, 11) is 1.84. The maximum atomic E-state index is 12.8. The minimum absolute atomic E-state index is 0.0643. The summed E-state index contributed by atoms with van der Waals surface area (Å²) in [5.41, 5.74) is 1.94. The van der Waals surface area contributed by atoms with Crippen molar-refractivity contribution in [1.29, 1.82) is 0 Å². The van der Waals surface area contributed by atoms with Crippen LogP contribution in [0, 0.1) is 0 Å². The van der Waals surface area contributed by atoms with Gasteiger partial charge in [-0.1, -0.05) is 18.2 Å². The molecule has 2 aromatic rings. The number of hydrogen-bond donors (Lipinski definition) is 0. The fraction of sp³-hybridized carbons (Fsp3) is 0.583. The average Bonchev–Trinajstić information content (AvgIpc) is 3.26. The number of aryl methyl sites for hydroxylation is 1. The van der Waals surface area contributed by atoms with E-state index in [1.54, 1.807) is 17.1 Å². The fourth-order valence-electron chi connectivity index (χ4n) is 5.48. The zero-order valence-electron chi connectivity index (χ0n) is 18.4. The molecule has 1 atom stereocenters. The number of amides is 1. The van der Waals surface area contributed by atoms with Crippen molar-refractivity contribution >= 4 is 11.6 Å². The summed E-state index contributed by atoms with van der Waals surface area (Å²) in [6.45, 7) is 6.76. The summed E-state index contributed by atoms with van der Waals surface area (Å²) in [5, 5.41) is 4.14. The largest absolute Gasteiger partial charge is 0.375 e. The predicted octanol–water partition coefficient (Wildman–Crippen LogP) is 2.40. The molecule has 1 amide bonds. The number of benzene rings is 1. The summed E-state index contributed by atoms with van der Waals surface area (Å²) < 4.78 is 8.05. The molecule has 166 valence electrons. The number of ether oxygens (including phenoxy) is 1. The van der Waals surface area contributed by atoms with E-state index in [-0.39, 0.29) is 11.5 Å². The van der Waals surface area contributed by atoms with E-state index in [1.165, 1.54) is 5.69 Å². The maximum Gasteiger partial charge on any atom is 0.257 e. The van der Waals surface area contributed by atoms with E-state index in [2.05, 4.69) is 45.2 Å². The van der Waals surface area contributed by atoms with Crippen LogP contribution in [0.15, 0.2) is 42.7 Å². The number of likely N-dealkylation sites (tertiary alicyclic amines) is 1. The third-order valence-corrected chi connectivity index (χ3v) is 7.33. The summed E-state index contributed by atoms with van der Waals surface area (Å²) >= 11 is 0. The number of aromatic nitrogens is 2. The van der Waals surface area contributed by atoms with E-state index in [4.69, 9.17) is 4.74 Å². The van der Waals surface area contributed by atoms with E-state index < -0.39 is 0 Å². The van der Waals surface area contributed by atoms with Crippen LogP contribution in [0.1, 0.15) is 36.0 Å². The Morgan fingerprint density at radius 2 is 1.81 bits per heavy atom. The summed E-state index contributed by atoms with van der Waals surface area (Å²) in [4.78, 5) is 19.9. The number of para-hydroxylation sites is 1. The number of rotatable bonds is 3. The van der Waals surface area contributed by atoms with Gasteiger partial charge in [-0.3, -0.25) is 14.4 Å². The van der Waals surface area contributed by atoms with E-state index in [0.29, 0.717) is 11.6 Å². The van der Waals surface area contributed by atoms with Gasteiger partial charge >= 0.3 is 0 Å². The van der Waals surface area contributed by atoms with E-state index in [1.807, 2.05) is 11.9 Å². The Morgan fingerprint density at radius 3 is 2.48 bits per heavy atom. The topological polar surface area (TPSA) is 53.8 Å². The summed E-state index contributed by atoms with van der Waals surface area (Å²) in [5.74, 6) is 0.0901. The third kappa shape index (κ3) is 4.34. The van der Waals surface area contributed by atoms with Gasteiger partial charge in [-0.25, -0.2) is 0 Å². The van der Waals surface area contributed by atoms with Crippen molar-refractivity contribution < 1.29 is 9.53 Å². The van der Waals surface area contributed by atoms with Gasteiger partial charge in [0, 0.05) is 70.8 Å². The lowest BCUT2D eigenvalue weighted by molar-refractivity contribution is -0.130. The molecular weight excluding hydrogens is 390 g/mol. The van der Waals surface area contributed by atoms with Crippen LogP contribution in [0.4, 0.5) is 5.69 Å². The molecule has 3 fully saturated rings. The van der Waals surface area contributed by atoms with Gasteiger partial charge in [0.25, 0.3) is 5.91 Å². The number of nitrogens with zero attached hydrogens (tertiary/aromatic N) is 5. The molecule has 1 spiro atoms. The zero-order valence-corrected chi connectivity index (χ0v) is 18.4. The van der Waals surface area contributed by atoms with Gasteiger partial charge in [0.2, 0.25) is 0 Å². The predicted molar refractivity (Wildman–Crippen MR) is 120 cm³/mol. The first-order valence-electron chi connectivity index (χ1n) is 11.6. The molecule has 0 unspecified atom stereocenters. The monoisotopic (exact) mass is 423 g/mol. The van der Waals surface area contributed by atoms with Crippen LogP contribution in [0.3, 0.4) is 0 Å². The van der Waals surface area contributed by atoms with Crippen LogP contribution < -0.4 is 4.90 Å². The molecule has 3 aliphatic heterocycles. The minimum Gasteiger partial charge on any atom is -0.375 e. The van der Waals surface area contributed by atoms with Gasteiger partial charge in [-0.15, -0.1) is 0 Å². The number of anilines is 1. The summed E-state index contributed by atoms with van der Waals surface area (Å²) in [6.07, 6.45) is 7.53. The molecule has 3 saturated heterocycles. The van der Waals surface area contributed by atoms with Gasteiger partial charge in [0.15, 0.2) is 0 Å². The molecule has 0 radical (unpaired) electrons. The van der Waals surface area contributed by atoms with Crippen LogP contribution in [0.25, 0.3) is 0 Å². The summed E-state index contributed by atoms with van der Waals surface area (Å²) in [6, 6.07) is 11.3. The number of carbonyl (C=O) groups is 1. The molecule has 3 aliphatic rings. The Bertz CT molecular complexity index is 882. The van der Waals surface area contributed by atoms with Crippen molar-refractivity contribution in [3.63, 3.8) is 0 Å². The number of piperidine rings is 1. The second-order valence-corrected chi connectivity index (χ2v) is 9.23. The zero-order chi connectivity index (χ0) is 21.3. The molecule has 1 aromatic carbocycles. The van der Waals surface area contributed by atoms with Crippen LogP contribution in [-0.2, 0) is 11.8 Å². The lowest BCUT2D eigenvalue weighted by Gasteiger charge is -2.49. The van der Waals surface area contributed by atoms with Crippen LogP contribution in [-0.4, -0.2) is 83.0 Å². The van der Waals surface area contributed by atoms with Crippen molar-refractivity contribution in [3.8, 4) is 0 Å². The molecule has 0 bridgehead atoms. The highest BCUT2D eigenvalue weighted by Gasteiger charge is 2.43. The lowest BCUT2D eigenvalue weighted by atomic mass is 9.81. The molecule has 31 heavy (non-hydrogen) atoms. The van der Waals surface area contributed by atoms with Gasteiger partial charge in [-0.05, 0) is 37.8 Å². The standard InChI is InChI=1S/C24H33N5O2/c1-26-19-20(18-25-26)23(30)29-10-8-24(9-11-29)17-22(7-16-31-24)28-14-12-27(13-15-28)21-5-3-2-4-6-21/h2-6,18-19,22H,7-17H2,1H3/t22-/m1/s1. The Labute approximate surface area is 184 Å². The number of hydrogen-bond acceptors (Lipinski definition) is 5. The van der Waals surface area contributed by atoms with Gasteiger partial charge in [0.05, 0.1) is 17.4 Å². The second kappa shape index (κ2) is 8.63. The lowest BCUT2D eigenvalue weighted by Crippen LogP contribution is -2.57. The van der Waals surface area contributed by atoms with Crippen molar-refractivity contribution in [1.82, 2.24) is 19.6 Å². The first-order valence-corrected chi connectivity index (χ1v) is 11.6. The molecule has 7 nitrogen and oxygen atoms in total. The van der Waals surface area contributed by atoms with Crippen molar-refractivity contribution in [3.05, 3.63) is 48.3 Å². The van der Waals surface area contributed by atoms with Crippen LogP contribution in [0.5, 0.6) is 0 Å². The molecule has 0 N–H and O–H groups in total. The van der Waals surface area contributed by atoms with Crippen molar-refractivity contribution in [2.75, 3.05) is 50.8 Å². The maximum absolute atomic E-state index is 12.8. The Balaban J connectivity index is 1.15. The Morgan fingerprint density at radius 1 is 1.06 bits per heavy atom. The van der Waals surface area contributed by atoms with E-state index in [9.17, 15) is 4.79 Å². The first-order chi connectivity index (χ1) is 15.1. The van der Waals surface area contributed by atoms with Crippen molar-refractivity contribution in [2.24, 2.45) is 7.05 Å². The molecule has 5 rings (SSSR count). The molecule has 4 heterocycles. The quantitative estimate of drug-likeness (QED) is 0.759. The fourth-order valence-corrected chi connectivity index (χ4v) is 5.48. The SMILES string of the molecule is Cn1cc(C(=O)N2CCC3(CC2)C[C@H](N2CCN(c4ccccc4)CC2)CCO3)cn1. The molecule has 0 saturated carbocycles. The first kappa shape index (κ1) is 20.5. The highest BCUT2D eigenvalue weighted by Crippen LogP contribution is 2.37. The number of carbonyl (C=O) groups excluding carboxylic acids is 1. The Kier molecular flexibility index (Phi) is 5.71. The number of piperazine rings is 1. The molecule has 0 aliphatic carbocycles. The van der Waals surface area contributed by atoms with E-state index >= 15 is 0 Å². The highest BCUT2D eigenvalue weighted by molar-refractivity contribution is 5.93. The molecule has 1 aromatic heterocycles. The molecular formula is C24H33N5O2. The minimum atomic E-state index is -0.0643. The van der Waals surface area contributed by atoms with E-state index in [0.717, 1.165) is 71.6 Å². The van der Waals surface area contributed by atoms with Crippen LogP contribution in [0.2, 0.25) is 0 Å². The van der Waals surface area contributed by atoms with Gasteiger partial charge in [-0.2, -0.15) is 5.10 Å². The van der Waals surface area contributed by atoms with Crippen molar-refractivity contribution in [2.45, 2.75) is 37.3 Å². The smallest absolute Gasteiger partial charge is 0.257 e. The normalized spacial score (nSPS) is 24.5. The van der Waals surface area contributed by atoms with Gasteiger partial charge < -0.3 is 14.5 Å².